The standard InChI is InChI=1S/C24H30FN3O4/c1-24(25)10-14(11-24)12-26-18-3-2-4-20(18)32-16-5-6-17-15(9-16)13-28(23(17)31)19-7-8-21(29)27-22(19)30/h5-6,9,14,18-20,26H,2-4,7-8,10-13H2,1H3,(H,27,29,30)/t14?,18-,19?,20+,24?/m0/s1. The van der Waals surface area contributed by atoms with Gasteiger partial charge in [0.2, 0.25) is 11.8 Å². The molecule has 1 saturated heterocycles. The van der Waals surface area contributed by atoms with Crippen molar-refractivity contribution in [2.45, 2.75) is 82.3 Å². The van der Waals surface area contributed by atoms with Crippen LogP contribution >= 0.6 is 0 Å². The van der Waals surface area contributed by atoms with Crippen molar-refractivity contribution in [3.05, 3.63) is 29.3 Å². The maximum Gasteiger partial charge on any atom is 0.255 e. The summed E-state index contributed by atoms with van der Waals surface area (Å²) in [6.45, 7) is 2.84. The van der Waals surface area contributed by atoms with Crippen LogP contribution in [-0.4, -0.2) is 53.0 Å². The zero-order valence-electron chi connectivity index (χ0n) is 18.4. The van der Waals surface area contributed by atoms with Crippen LogP contribution in [0, 0.1) is 5.92 Å². The highest BCUT2D eigenvalue weighted by Crippen LogP contribution is 2.40. The molecular weight excluding hydrogens is 413 g/mol. The summed E-state index contributed by atoms with van der Waals surface area (Å²) in [7, 11) is 0. The van der Waals surface area contributed by atoms with Crippen LogP contribution < -0.4 is 15.4 Å². The van der Waals surface area contributed by atoms with E-state index in [1.54, 1.807) is 17.9 Å². The summed E-state index contributed by atoms with van der Waals surface area (Å²) in [6, 6.07) is 5.12. The summed E-state index contributed by atoms with van der Waals surface area (Å²) in [6.07, 6.45) is 4.98. The molecule has 4 aliphatic rings. The third-order valence-electron chi connectivity index (χ3n) is 7.33. The van der Waals surface area contributed by atoms with Gasteiger partial charge in [0.15, 0.2) is 0 Å². The summed E-state index contributed by atoms with van der Waals surface area (Å²) in [5.41, 5.74) is 0.431. The zero-order valence-corrected chi connectivity index (χ0v) is 18.4. The molecule has 1 unspecified atom stereocenters. The lowest BCUT2D eigenvalue weighted by molar-refractivity contribution is -0.136. The number of hydrogen-bond donors (Lipinski definition) is 2. The monoisotopic (exact) mass is 443 g/mol. The number of carbonyl (C=O) groups is 3. The first-order valence-electron chi connectivity index (χ1n) is 11.7. The van der Waals surface area contributed by atoms with Crippen molar-refractivity contribution >= 4 is 17.7 Å². The predicted molar refractivity (Wildman–Crippen MR) is 115 cm³/mol. The molecule has 3 amide bonds. The number of piperidine rings is 1. The van der Waals surface area contributed by atoms with Gasteiger partial charge in [-0.1, -0.05) is 0 Å². The van der Waals surface area contributed by atoms with Gasteiger partial charge in [-0.3, -0.25) is 19.7 Å². The molecule has 7 nitrogen and oxygen atoms in total. The van der Waals surface area contributed by atoms with Gasteiger partial charge in [0.25, 0.3) is 5.91 Å². The fourth-order valence-electron chi connectivity index (χ4n) is 5.71. The van der Waals surface area contributed by atoms with Gasteiger partial charge in [0.1, 0.15) is 23.6 Å². The maximum atomic E-state index is 13.7. The van der Waals surface area contributed by atoms with Crippen LogP contribution in [-0.2, 0) is 16.1 Å². The minimum Gasteiger partial charge on any atom is -0.489 e. The number of fused-ring (bicyclic) bond motifs is 1. The number of amides is 3. The summed E-state index contributed by atoms with van der Waals surface area (Å²) in [5, 5.41) is 5.91. The Kier molecular flexibility index (Phi) is 5.43. The summed E-state index contributed by atoms with van der Waals surface area (Å²) < 4.78 is 20.0. The fourth-order valence-corrected chi connectivity index (χ4v) is 5.71. The Bertz CT molecular complexity index is 941. The van der Waals surface area contributed by atoms with Crippen LogP contribution in [0.25, 0.3) is 0 Å². The first kappa shape index (κ1) is 21.4. The number of hydrogen-bond acceptors (Lipinski definition) is 5. The molecule has 3 fully saturated rings. The third-order valence-corrected chi connectivity index (χ3v) is 7.33. The van der Waals surface area contributed by atoms with Gasteiger partial charge in [-0.25, -0.2) is 4.39 Å². The first-order valence-corrected chi connectivity index (χ1v) is 11.7. The minimum atomic E-state index is -0.999. The van der Waals surface area contributed by atoms with E-state index in [2.05, 4.69) is 10.6 Å². The second kappa shape index (κ2) is 8.14. The molecule has 172 valence electrons. The van der Waals surface area contributed by atoms with Gasteiger partial charge in [-0.05, 0) is 81.7 Å². The van der Waals surface area contributed by atoms with E-state index in [1.165, 1.54) is 0 Å². The van der Waals surface area contributed by atoms with Crippen molar-refractivity contribution in [1.82, 2.24) is 15.5 Å². The number of nitrogens with one attached hydrogen (secondary N) is 2. The normalized spacial score (nSPS) is 34.3. The summed E-state index contributed by atoms with van der Waals surface area (Å²) >= 11 is 0. The Balaban J connectivity index is 1.20. The van der Waals surface area contributed by atoms with E-state index in [0.29, 0.717) is 37.3 Å². The number of rotatable bonds is 6. The molecule has 0 aromatic heterocycles. The molecule has 2 N–H and O–H groups in total. The van der Waals surface area contributed by atoms with Gasteiger partial charge in [0.05, 0.1) is 0 Å². The lowest BCUT2D eigenvalue weighted by Gasteiger charge is -2.39. The van der Waals surface area contributed by atoms with E-state index >= 15 is 0 Å². The first-order chi connectivity index (χ1) is 15.3. The quantitative estimate of drug-likeness (QED) is 0.660. The van der Waals surface area contributed by atoms with Crippen molar-refractivity contribution in [2.24, 2.45) is 5.92 Å². The average molecular weight is 444 g/mol. The Morgan fingerprint density at radius 1 is 1.22 bits per heavy atom. The van der Waals surface area contributed by atoms with Crippen LogP contribution in [0.2, 0.25) is 0 Å². The van der Waals surface area contributed by atoms with Crippen molar-refractivity contribution in [2.75, 3.05) is 6.54 Å². The van der Waals surface area contributed by atoms with E-state index < -0.39 is 17.6 Å². The molecule has 2 saturated carbocycles. The van der Waals surface area contributed by atoms with Crippen LogP contribution in [0.3, 0.4) is 0 Å². The topological polar surface area (TPSA) is 87.7 Å². The largest absolute Gasteiger partial charge is 0.489 e. The van der Waals surface area contributed by atoms with Gasteiger partial charge in [-0.15, -0.1) is 0 Å². The molecule has 2 aliphatic heterocycles. The average Bonchev–Trinajstić information content (AvgIpc) is 3.29. The van der Waals surface area contributed by atoms with E-state index in [-0.39, 0.29) is 30.4 Å². The SMILES string of the molecule is CC1(F)CC(CN[C@H]2CCC[C@H]2Oc2ccc3c(c2)CN(C2CCC(=O)NC2=O)C3=O)C1. The predicted octanol–water partition coefficient (Wildman–Crippen LogP) is 2.48. The van der Waals surface area contributed by atoms with Crippen molar-refractivity contribution in [3.63, 3.8) is 0 Å². The molecule has 8 heteroatoms. The number of benzene rings is 1. The Morgan fingerprint density at radius 2 is 2.03 bits per heavy atom. The molecule has 0 spiro atoms. The van der Waals surface area contributed by atoms with Gasteiger partial charge < -0.3 is 15.0 Å². The van der Waals surface area contributed by atoms with E-state index in [1.807, 2.05) is 12.1 Å². The van der Waals surface area contributed by atoms with Crippen LogP contribution in [0.4, 0.5) is 4.39 Å². The second-order valence-electron chi connectivity index (χ2n) is 10.0. The van der Waals surface area contributed by atoms with Gasteiger partial charge in [-0.2, -0.15) is 0 Å². The lowest BCUT2D eigenvalue weighted by atomic mass is 9.73. The van der Waals surface area contributed by atoms with Crippen LogP contribution in [0.15, 0.2) is 18.2 Å². The highest BCUT2D eigenvalue weighted by Gasteiger charge is 2.41. The fraction of sp³-hybridized carbons (Fsp3) is 0.625. The second-order valence-corrected chi connectivity index (χ2v) is 10.0. The Morgan fingerprint density at radius 3 is 2.78 bits per heavy atom. The number of carbonyl (C=O) groups excluding carboxylic acids is 3. The van der Waals surface area contributed by atoms with E-state index in [4.69, 9.17) is 4.74 Å². The number of alkyl halides is 1. The van der Waals surface area contributed by atoms with Crippen molar-refractivity contribution < 1.29 is 23.5 Å². The maximum absolute atomic E-state index is 13.7. The molecule has 0 bridgehead atoms. The van der Waals surface area contributed by atoms with Gasteiger partial charge >= 0.3 is 0 Å². The molecule has 1 aromatic rings. The molecule has 1 aromatic carbocycles. The third kappa shape index (κ3) is 4.12. The number of nitrogens with zero attached hydrogens (tertiary/aromatic N) is 1. The van der Waals surface area contributed by atoms with Gasteiger partial charge in [0, 0.05) is 24.6 Å². The molecule has 3 atom stereocenters. The summed E-state index contributed by atoms with van der Waals surface area (Å²) in [5.74, 6) is 0.248. The number of halogens is 1. The van der Waals surface area contributed by atoms with E-state index in [0.717, 1.165) is 37.1 Å². The van der Waals surface area contributed by atoms with Crippen LogP contribution in [0.1, 0.15) is 67.8 Å². The molecule has 32 heavy (non-hydrogen) atoms. The zero-order chi connectivity index (χ0) is 22.5. The molecule has 2 heterocycles. The number of imide groups is 1. The van der Waals surface area contributed by atoms with Crippen LogP contribution in [0.5, 0.6) is 5.75 Å². The molecule has 2 aliphatic carbocycles. The molecule has 0 radical (unpaired) electrons. The Labute approximate surface area is 187 Å². The minimum absolute atomic E-state index is 0.0493. The highest BCUT2D eigenvalue weighted by atomic mass is 19.1. The summed E-state index contributed by atoms with van der Waals surface area (Å²) in [4.78, 5) is 38.0. The lowest BCUT2D eigenvalue weighted by Crippen LogP contribution is -2.52. The van der Waals surface area contributed by atoms with Crippen molar-refractivity contribution in [3.8, 4) is 5.75 Å². The highest BCUT2D eigenvalue weighted by molar-refractivity contribution is 6.05. The van der Waals surface area contributed by atoms with E-state index in [9.17, 15) is 18.8 Å². The molecular formula is C24H30FN3O4. The van der Waals surface area contributed by atoms with Crippen molar-refractivity contribution in [1.29, 1.82) is 0 Å². The smallest absolute Gasteiger partial charge is 0.255 e. The Hall–Kier alpha value is -2.48. The number of ether oxygens (including phenoxy) is 1. The molecule has 5 rings (SSSR count).